The molecule has 0 saturated carbocycles. The molecule has 0 aliphatic heterocycles. The summed E-state index contributed by atoms with van der Waals surface area (Å²) in [6.07, 6.45) is 0.625. The number of carbonyl (C=O) groups excluding carboxylic acids is 2. The molecule has 36 heavy (non-hydrogen) atoms. The van der Waals surface area contributed by atoms with Gasteiger partial charge >= 0.3 is 5.97 Å². The van der Waals surface area contributed by atoms with Crippen molar-refractivity contribution in [3.05, 3.63) is 119 Å². The molecule has 4 rings (SSSR count). The minimum Gasteiger partial charge on any atom is -0.489 e. The van der Waals surface area contributed by atoms with Crippen LogP contribution < -0.4 is 10.1 Å². The molecule has 0 fully saturated rings. The summed E-state index contributed by atoms with van der Waals surface area (Å²) in [5.41, 5.74) is 4.08. The monoisotopic (exact) mass is 484 g/mol. The summed E-state index contributed by atoms with van der Waals surface area (Å²) >= 11 is 0. The van der Waals surface area contributed by atoms with Crippen LogP contribution in [0.5, 0.6) is 5.75 Å². The van der Waals surface area contributed by atoms with Crippen LogP contribution in [0.4, 0.5) is 0 Å². The number of nitrogens with zero attached hydrogens (tertiary/aromatic N) is 1. The van der Waals surface area contributed by atoms with E-state index in [1.165, 1.54) is 0 Å². The van der Waals surface area contributed by atoms with Gasteiger partial charge in [0.2, 0.25) is 0 Å². The number of carbonyl (C=O) groups is 2. The molecule has 1 N–H and O–H groups in total. The van der Waals surface area contributed by atoms with Gasteiger partial charge in [-0.05, 0) is 55.7 Å². The Morgan fingerprint density at radius 2 is 1.58 bits per heavy atom. The smallest absolute Gasteiger partial charge is 0.338 e. The van der Waals surface area contributed by atoms with E-state index in [2.05, 4.69) is 10.5 Å². The van der Waals surface area contributed by atoms with Crippen LogP contribution in [0.15, 0.2) is 89.5 Å². The lowest BCUT2D eigenvalue weighted by molar-refractivity contribution is -0.125. The van der Waals surface area contributed by atoms with E-state index in [1.807, 2.05) is 74.5 Å². The van der Waals surface area contributed by atoms with E-state index in [0.29, 0.717) is 30.1 Å². The quantitative estimate of drug-likeness (QED) is 0.314. The third kappa shape index (κ3) is 6.60. The molecule has 0 bridgehead atoms. The van der Waals surface area contributed by atoms with E-state index in [1.54, 1.807) is 24.3 Å². The minimum absolute atomic E-state index is 0.242. The van der Waals surface area contributed by atoms with E-state index < -0.39 is 5.97 Å². The predicted octanol–water partition coefficient (Wildman–Crippen LogP) is 5.13. The zero-order valence-electron chi connectivity index (χ0n) is 20.3. The molecular formula is C29H28N2O5. The highest BCUT2D eigenvalue weighted by Gasteiger charge is 2.17. The van der Waals surface area contributed by atoms with Gasteiger partial charge in [0.05, 0.1) is 22.9 Å². The topological polar surface area (TPSA) is 90.7 Å². The van der Waals surface area contributed by atoms with Crippen molar-refractivity contribution in [1.29, 1.82) is 0 Å². The Bertz CT molecular complexity index is 1270. The minimum atomic E-state index is -0.582. The van der Waals surface area contributed by atoms with Crippen molar-refractivity contribution in [3.63, 3.8) is 0 Å². The maximum atomic E-state index is 12.6. The second-order valence-corrected chi connectivity index (χ2v) is 8.41. The van der Waals surface area contributed by atoms with Crippen LogP contribution in [0, 0.1) is 13.8 Å². The van der Waals surface area contributed by atoms with Gasteiger partial charge in [0, 0.05) is 0 Å². The molecule has 0 saturated heterocycles. The molecule has 3 aromatic carbocycles. The van der Waals surface area contributed by atoms with Gasteiger partial charge in [0.15, 0.2) is 6.61 Å². The average molecular weight is 485 g/mol. The molecule has 1 atom stereocenters. The van der Waals surface area contributed by atoms with Crippen molar-refractivity contribution in [2.24, 2.45) is 0 Å². The van der Waals surface area contributed by atoms with Gasteiger partial charge in [-0.15, -0.1) is 0 Å². The molecule has 1 amide bonds. The molecule has 7 heteroatoms. The summed E-state index contributed by atoms with van der Waals surface area (Å²) < 4.78 is 16.2. The molecule has 7 nitrogen and oxygen atoms in total. The standard InChI is InChI=1S/C29H28N2O5/c1-20-26(21(2)36-31-20)18-34-25-15-13-24(14-16-25)29(33)35-19-28(32)30-27(23-11-7-4-8-12-23)17-22-9-5-3-6-10-22/h3-16,27H,17-19H2,1-2H3,(H,30,32). The first-order chi connectivity index (χ1) is 17.5. The number of aromatic nitrogens is 1. The van der Waals surface area contributed by atoms with Crippen LogP contribution in [0.25, 0.3) is 0 Å². The fraction of sp³-hybridized carbons (Fsp3) is 0.207. The molecule has 184 valence electrons. The van der Waals surface area contributed by atoms with E-state index in [-0.39, 0.29) is 18.6 Å². The van der Waals surface area contributed by atoms with E-state index in [9.17, 15) is 9.59 Å². The summed E-state index contributed by atoms with van der Waals surface area (Å²) in [6, 6.07) is 26.0. The number of rotatable bonds is 10. The Morgan fingerprint density at radius 3 is 2.22 bits per heavy atom. The number of aryl methyl sites for hydroxylation is 2. The molecule has 0 aliphatic carbocycles. The van der Waals surface area contributed by atoms with E-state index in [4.69, 9.17) is 14.0 Å². The maximum absolute atomic E-state index is 12.6. The number of hydrogen-bond donors (Lipinski definition) is 1. The predicted molar refractivity (Wildman–Crippen MR) is 135 cm³/mol. The second-order valence-electron chi connectivity index (χ2n) is 8.41. The van der Waals surface area contributed by atoms with Gasteiger partial charge in [-0.3, -0.25) is 4.79 Å². The van der Waals surface area contributed by atoms with Gasteiger partial charge in [0.1, 0.15) is 18.1 Å². The Morgan fingerprint density at radius 1 is 0.917 bits per heavy atom. The van der Waals surface area contributed by atoms with Crippen LogP contribution >= 0.6 is 0 Å². The summed E-state index contributed by atoms with van der Waals surface area (Å²) in [4.78, 5) is 25.1. The van der Waals surface area contributed by atoms with Crippen molar-refractivity contribution in [3.8, 4) is 5.75 Å². The second kappa shape index (κ2) is 11.8. The summed E-state index contributed by atoms with van der Waals surface area (Å²) in [5.74, 6) is 0.356. The largest absolute Gasteiger partial charge is 0.489 e. The summed E-state index contributed by atoms with van der Waals surface area (Å²) in [6.45, 7) is 3.63. The first-order valence-electron chi connectivity index (χ1n) is 11.7. The van der Waals surface area contributed by atoms with Gasteiger partial charge in [-0.2, -0.15) is 0 Å². The fourth-order valence-corrected chi connectivity index (χ4v) is 3.79. The zero-order chi connectivity index (χ0) is 25.3. The summed E-state index contributed by atoms with van der Waals surface area (Å²) in [5, 5.41) is 6.90. The van der Waals surface area contributed by atoms with Crippen LogP contribution in [0.2, 0.25) is 0 Å². The molecule has 1 heterocycles. The lowest BCUT2D eigenvalue weighted by Gasteiger charge is -2.19. The number of nitrogens with one attached hydrogen (secondary N) is 1. The van der Waals surface area contributed by atoms with Crippen molar-refractivity contribution in [2.75, 3.05) is 6.61 Å². The van der Waals surface area contributed by atoms with Crippen LogP contribution in [0.3, 0.4) is 0 Å². The number of ether oxygens (including phenoxy) is 2. The van der Waals surface area contributed by atoms with Crippen LogP contribution in [-0.4, -0.2) is 23.6 Å². The zero-order valence-corrected chi connectivity index (χ0v) is 20.3. The Balaban J connectivity index is 1.30. The van der Waals surface area contributed by atoms with Crippen molar-refractivity contribution in [1.82, 2.24) is 10.5 Å². The highest BCUT2D eigenvalue weighted by Crippen LogP contribution is 2.20. The Kier molecular flexibility index (Phi) is 8.13. The Labute approximate surface area is 210 Å². The van der Waals surface area contributed by atoms with Crippen molar-refractivity contribution < 1.29 is 23.6 Å². The fourth-order valence-electron chi connectivity index (χ4n) is 3.79. The highest BCUT2D eigenvalue weighted by molar-refractivity contribution is 5.91. The van der Waals surface area contributed by atoms with E-state index in [0.717, 1.165) is 22.4 Å². The number of amides is 1. The van der Waals surface area contributed by atoms with Crippen LogP contribution in [0.1, 0.15) is 44.5 Å². The van der Waals surface area contributed by atoms with Gasteiger partial charge in [0.25, 0.3) is 5.91 Å². The molecule has 1 aromatic heterocycles. The molecule has 0 aliphatic rings. The van der Waals surface area contributed by atoms with Gasteiger partial charge < -0.3 is 19.3 Å². The molecule has 4 aromatic rings. The molecule has 1 unspecified atom stereocenters. The first-order valence-corrected chi connectivity index (χ1v) is 11.7. The Hall–Kier alpha value is -4.39. The van der Waals surface area contributed by atoms with Gasteiger partial charge in [-0.1, -0.05) is 65.8 Å². The normalized spacial score (nSPS) is 11.5. The van der Waals surface area contributed by atoms with Crippen molar-refractivity contribution >= 4 is 11.9 Å². The third-order valence-corrected chi connectivity index (χ3v) is 5.81. The maximum Gasteiger partial charge on any atom is 0.338 e. The molecule has 0 radical (unpaired) electrons. The highest BCUT2D eigenvalue weighted by atomic mass is 16.5. The van der Waals surface area contributed by atoms with E-state index >= 15 is 0 Å². The summed E-state index contributed by atoms with van der Waals surface area (Å²) in [7, 11) is 0. The van der Waals surface area contributed by atoms with Gasteiger partial charge in [-0.25, -0.2) is 4.79 Å². The number of benzene rings is 3. The number of esters is 1. The molecule has 0 spiro atoms. The lowest BCUT2D eigenvalue weighted by atomic mass is 9.99. The SMILES string of the molecule is Cc1noc(C)c1COc1ccc(C(=O)OCC(=O)NC(Cc2ccccc2)c2ccccc2)cc1. The third-order valence-electron chi connectivity index (χ3n) is 5.81. The first kappa shape index (κ1) is 24.7. The van der Waals surface area contributed by atoms with Crippen LogP contribution in [-0.2, 0) is 22.6 Å². The lowest BCUT2D eigenvalue weighted by Crippen LogP contribution is -2.33. The van der Waals surface area contributed by atoms with Crippen molar-refractivity contribution in [2.45, 2.75) is 32.9 Å². The number of hydrogen-bond acceptors (Lipinski definition) is 6. The molecular weight excluding hydrogens is 456 g/mol. The average Bonchev–Trinajstić information content (AvgIpc) is 3.23.